The van der Waals surface area contributed by atoms with Gasteiger partial charge in [0.2, 0.25) is 0 Å². The number of ether oxygens (including phenoxy) is 2. The van der Waals surface area contributed by atoms with Crippen molar-refractivity contribution >= 4 is 23.2 Å². The van der Waals surface area contributed by atoms with Crippen LogP contribution in [0.4, 0.5) is 0 Å². The first kappa shape index (κ1) is 15.0. The largest absolute Gasteiger partial charge is 0.482 e. The van der Waals surface area contributed by atoms with Gasteiger partial charge in [0.05, 0.1) is 0 Å². The zero-order chi connectivity index (χ0) is 14.9. The summed E-state index contributed by atoms with van der Waals surface area (Å²) in [6, 6.07) is 18.6. The minimum atomic E-state index is -0.456. The summed E-state index contributed by atoms with van der Waals surface area (Å²) < 4.78 is 10.3. The molecule has 0 amide bonds. The maximum atomic E-state index is 11.5. The predicted octanol–water partition coefficient (Wildman–Crippen LogP) is 2.53. The molecule has 108 valence electrons. The second kappa shape index (κ2) is 8.01. The van der Waals surface area contributed by atoms with Gasteiger partial charge in [-0.1, -0.05) is 60.7 Å². The molecule has 4 nitrogen and oxygen atoms in total. The van der Waals surface area contributed by atoms with Crippen LogP contribution >= 0.6 is 12.2 Å². The molecule has 0 aliphatic heterocycles. The maximum absolute atomic E-state index is 11.5. The summed E-state index contributed by atoms with van der Waals surface area (Å²) >= 11 is 5.18. The van der Waals surface area contributed by atoms with Crippen LogP contribution in [0.3, 0.4) is 0 Å². The van der Waals surface area contributed by atoms with E-state index in [0.29, 0.717) is 10.7 Å². The fraction of sp³-hybridized carbons (Fsp3) is 0.125. The third kappa shape index (κ3) is 5.24. The van der Waals surface area contributed by atoms with Crippen molar-refractivity contribution in [2.24, 2.45) is 0 Å². The second-order valence-corrected chi connectivity index (χ2v) is 4.54. The van der Waals surface area contributed by atoms with Crippen molar-refractivity contribution in [2.45, 2.75) is 0 Å². The molecule has 0 radical (unpaired) electrons. The first-order valence-electron chi connectivity index (χ1n) is 6.42. The normalized spacial score (nSPS) is 9.71. The third-order valence-electron chi connectivity index (χ3n) is 2.60. The van der Waals surface area contributed by atoms with Crippen molar-refractivity contribution in [1.82, 2.24) is 5.32 Å². The van der Waals surface area contributed by atoms with Gasteiger partial charge in [0.15, 0.2) is 13.3 Å². The fourth-order valence-electron chi connectivity index (χ4n) is 1.57. The quantitative estimate of drug-likeness (QED) is 0.505. The number of thiocarbonyl (C=S) groups is 1. The Kier molecular flexibility index (Phi) is 5.72. The maximum Gasteiger partial charge on any atom is 0.345 e. The molecule has 0 aliphatic rings. The molecule has 0 saturated carbocycles. The van der Waals surface area contributed by atoms with E-state index >= 15 is 0 Å². The SMILES string of the molecule is O=C(COc1ccccc1)OCNC(=S)c1ccccc1. The van der Waals surface area contributed by atoms with Crippen molar-refractivity contribution < 1.29 is 14.3 Å². The van der Waals surface area contributed by atoms with Crippen molar-refractivity contribution in [3.05, 3.63) is 66.2 Å². The number of hydrogen-bond donors (Lipinski definition) is 1. The van der Waals surface area contributed by atoms with Gasteiger partial charge in [-0.2, -0.15) is 0 Å². The topological polar surface area (TPSA) is 47.6 Å². The average Bonchev–Trinajstić information content (AvgIpc) is 2.54. The molecule has 1 N–H and O–H groups in total. The first-order valence-corrected chi connectivity index (χ1v) is 6.83. The molecule has 0 fully saturated rings. The summed E-state index contributed by atoms with van der Waals surface area (Å²) in [5.41, 5.74) is 0.879. The van der Waals surface area contributed by atoms with Crippen molar-refractivity contribution in [2.75, 3.05) is 13.3 Å². The van der Waals surface area contributed by atoms with E-state index < -0.39 is 5.97 Å². The number of rotatable bonds is 6. The molecular weight excluding hydrogens is 286 g/mol. The highest BCUT2D eigenvalue weighted by molar-refractivity contribution is 7.80. The van der Waals surface area contributed by atoms with Crippen LogP contribution in [0.1, 0.15) is 5.56 Å². The van der Waals surface area contributed by atoms with Crippen molar-refractivity contribution in [3.8, 4) is 5.75 Å². The van der Waals surface area contributed by atoms with Crippen LogP contribution < -0.4 is 10.1 Å². The molecule has 0 aliphatic carbocycles. The number of carbonyl (C=O) groups is 1. The smallest absolute Gasteiger partial charge is 0.345 e. The molecule has 2 aromatic rings. The van der Waals surface area contributed by atoms with E-state index in [-0.39, 0.29) is 13.3 Å². The molecule has 0 aromatic heterocycles. The molecular formula is C16H15NO3S. The van der Waals surface area contributed by atoms with Crippen LogP contribution in [-0.4, -0.2) is 24.3 Å². The zero-order valence-corrected chi connectivity index (χ0v) is 12.1. The van der Waals surface area contributed by atoms with Crippen LogP contribution in [0.2, 0.25) is 0 Å². The Morgan fingerprint density at radius 1 is 1.00 bits per heavy atom. The predicted molar refractivity (Wildman–Crippen MR) is 84.2 cm³/mol. The molecule has 2 rings (SSSR count). The number of hydrogen-bond acceptors (Lipinski definition) is 4. The summed E-state index contributed by atoms with van der Waals surface area (Å²) in [5, 5.41) is 2.86. The molecule has 0 atom stereocenters. The van der Waals surface area contributed by atoms with E-state index in [1.807, 2.05) is 48.5 Å². The first-order chi connectivity index (χ1) is 10.3. The molecule has 0 bridgehead atoms. The lowest BCUT2D eigenvalue weighted by atomic mass is 10.2. The standard InChI is InChI=1S/C16H15NO3S/c18-15(11-19-14-9-5-2-6-10-14)20-12-17-16(21)13-7-3-1-4-8-13/h1-10H,11-12H2,(H,17,21). The zero-order valence-electron chi connectivity index (χ0n) is 11.3. The molecule has 0 saturated heterocycles. The number of nitrogens with one attached hydrogen (secondary N) is 1. The van der Waals surface area contributed by atoms with Crippen LogP contribution in [-0.2, 0) is 9.53 Å². The Labute approximate surface area is 128 Å². The van der Waals surface area contributed by atoms with E-state index in [9.17, 15) is 4.79 Å². The van der Waals surface area contributed by atoms with Crippen molar-refractivity contribution in [3.63, 3.8) is 0 Å². The monoisotopic (exact) mass is 301 g/mol. The number of esters is 1. The minimum absolute atomic E-state index is 0.0186. The summed E-state index contributed by atoms with van der Waals surface area (Å²) in [7, 11) is 0. The van der Waals surface area contributed by atoms with E-state index in [1.54, 1.807) is 12.1 Å². The molecule has 0 unspecified atom stereocenters. The van der Waals surface area contributed by atoms with Gasteiger partial charge in [-0.15, -0.1) is 0 Å². The van der Waals surface area contributed by atoms with E-state index in [1.165, 1.54) is 0 Å². The van der Waals surface area contributed by atoms with E-state index in [4.69, 9.17) is 21.7 Å². The fourth-order valence-corrected chi connectivity index (χ4v) is 1.77. The van der Waals surface area contributed by atoms with Crippen LogP contribution in [0.25, 0.3) is 0 Å². The molecule has 2 aromatic carbocycles. The highest BCUT2D eigenvalue weighted by Crippen LogP contribution is 2.07. The van der Waals surface area contributed by atoms with Gasteiger partial charge in [-0.05, 0) is 12.1 Å². The van der Waals surface area contributed by atoms with Gasteiger partial charge in [-0.25, -0.2) is 4.79 Å². The minimum Gasteiger partial charge on any atom is -0.482 e. The Morgan fingerprint density at radius 3 is 2.29 bits per heavy atom. The summed E-state index contributed by atoms with van der Waals surface area (Å²) in [6.45, 7) is -0.117. The molecule has 5 heteroatoms. The van der Waals surface area contributed by atoms with Gasteiger partial charge in [0.1, 0.15) is 10.7 Å². The summed E-state index contributed by atoms with van der Waals surface area (Å²) in [4.78, 5) is 12.0. The lowest BCUT2D eigenvalue weighted by Crippen LogP contribution is -2.28. The highest BCUT2D eigenvalue weighted by atomic mass is 32.1. The number of carbonyl (C=O) groups excluding carboxylic acids is 1. The van der Waals surface area contributed by atoms with Gasteiger partial charge in [-0.3, -0.25) is 0 Å². The summed E-state index contributed by atoms with van der Waals surface area (Å²) in [6.07, 6.45) is 0. The third-order valence-corrected chi connectivity index (χ3v) is 2.98. The van der Waals surface area contributed by atoms with Gasteiger partial charge in [0, 0.05) is 5.56 Å². The van der Waals surface area contributed by atoms with Crippen LogP contribution in [0.15, 0.2) is 60.7 Å². The Bertz CT molecular complexity index is 587. The average molecular weight is 301 g/mol. The van der Waals surface area contributed by atoms with Gasteiger partial charge in [0.25, 0.3) is 0 Å². The lowest BCUT2D eigenvalue weighted by Gasteiger charge is -2.09. The molecule has 0 spiro atoms. The Hall–Kier alpha value is -2.40. The van der Waals surface area contributed by atoms with Crippen LogP contribution in [0.5, 0.6) is 5.75 Å². The second-order valence-electron chi connectivity index (χ2n) is 4.13. The Balaban J connectivity index is 1.66. The van der Waals surface area contributed by atoms with E-state index in [0.717, 1.165) is 5.56 Å². The van der Waals surface area contributed by atoms with Crippen LogP contribution in [0, 0.1) is 0 Å². The lowest BCUT2D eigenvalue weighted by molar-refractivity contribution is -0.146. The van der Waals surface area contributed by atoms with Gasteiger partial charge >= 0.3 is 5.97 Å². The molecule has 21 heavy (non-hydrogen) atoms. The van der Waals surface area contributed by atoms with Crippen molar-refractivity contribution in [1.29, 1.82) is 0 Å². The summed E-state index contributed by atoms with van der Waals surface area (Å²) in [5.74, 6) is 0.171. The number of benzene rings is 2. The van der Waals surface area contributed by atoms with Gasteiger partial charge < -0.3 is 14.8 Å². The number of para-hydroxylation sites is 1. The molecule has 0 heterocycles. The highest BCUT2D eigenvalue weighted by Gasteiger charge is 2.05. The Morgan fingerprint density at radius 2 is 1.62 bits per heavy atom. The van der Waals surface area contributed by atoms with E-state index in [2.05, 4.69) is 5.32 Å².